The highest BCUT2D eigenvalue weighted by molar-refractivity contribution is 7.01. The van der Waals surface area contributed by atoms with Crippen molar-refractivity contribution in [2.24, 2.45) is 0 Å². The fourth-order valence-electron chi connectivity index (χ4n) is 10.5. The molecule has 0 radical (unpaired) electrons. The number of benzene rings is 9. The number of rotatable bonds is 3. The quantitative estimate of drug-likeness (QED) is 0.168. The van der Waals surface area contributed by atoms with Crippen LogP contribution in [-0.4, -0.2) is 8.07 Å². The van der Waals surface area contributed by atoms with Gasteiger partial charge in [0.1, 0.15) is 19.2 Å². The van der Waals surface area contributed by atoms with E-state index in [-0.39, 0.29) is 0 Å². The molecule has 1 spiro atoms. The zero-order valence-electron chi connectivity index (χ0n) is 31.3. The molecule has 3 heteroatoms. The van der Waals surface area contributed by atoms with Gasteiger partial charge in [-0.1, -0.05) is 159 Å². The van der Waals surface area contributed by atoms with Crippen molar-refractivity contribution in [1.82, 2.24) is 0 Å². The highest BCUT2D eigenvalue weighted by atomic mass is 28.3. The van der Waals surface area contributed by atoms with Crippen LogP contribution in [0.1, 0.15) is 22.3 Å². The van der Waals surface area contributed by atoms with Crippen LogP contribution in [0.2, 0.25) is 13.1 Å². The molecule has 264 valence electrons. The minimum absolute atomic E-state index is 0.477. The number of para-hydroxylation sites is 1. The third kappa shape index (κ3) is 4.10. The van der Waals surface area contributed by atoms with Gasteiger partial charge in [-0.2, -0.15) is 0 Å². The molecule has 1 aromatic heterocycles. The molecule has 56 heavy (non-hydrogen) atoms. The number of hydrogen-bond donors (Lipinski definition) is 0. The lowest BCUT2D eigenvalue weighted by Crippen LogP contribution is -2.63. The second-order valence-corrected chi connectivity index (χ2v) is 20.3. The summed E-state index contributed by atoms with van der Waals surface area (Å²) < 4.78 is 6.51. The number of anilines is 3. The van der Waals surface area contributed by atoms with Gasteiger partial charge in [-0.3, -0.25) is 0 Å². The maximum absolute atomic E-state index is 6.51. The number of nitrogens with zero attached hydrogens (tertiary/aromatic N) is 1. The lowest BCUT2D eigenvalue weighted by Gasteiger charge is -2.50. The van der Waals surface area contributed by atoms with E-state index in [0.717, 1.165) is 39.0 Å². The lowest BCUT2D eigenvalue weighted by atomic mass is 9.59. The van der Waals surface area contributed by atoms with Gasteiger partial charge in [-0.05, 0) is 96.3 Å². The van der Waals surface area contributed by atoms with E-state index in [1.807, 2.05) is 6.07 Å². The fraction of sp³-hybridized carbons (Fsp3) is 0.0566. The van der Waals surface area contributed by atoms with Gasteiger partial charge in [0.15, 0.2) is 0 Å². The third-order valence-electron chi connectivity index (χ3n) is 12.9. The van der Waals surface area contributed by atoms with Gasteiger partial charge in [0, 0.05) is 33.6 Å². The smallest absolute Gasteiger partial charge is 0.137 e. The summed E-state index contributed by atoms with van der Waals surface area (Å²) in [5, 5.41) is 10.3. The molecule has 0 fully saturated rings. The van der Waals surface area contributed by atoms with Crippen molar-refractivity contribution in [1.29, 1.82) is 0 Å². The van der Waals surface area contributed by atoms with E-state index in [0.29, 0.717) is 0 Å². The van der Waals surface area contributed by atoms with Gasteiger partial charge >= 0.3 is 0 Å². The molecule has 10 aromatic rings. The van der Waals surface area contributed by atoms with Crippen LogP contribution in [-0.2, 0) is 5.41 Å². The zero-order chi connectivity index (χ0) is 37.2. The van der Waals surface area contributed by atoms with Crippen LogP contribution in [0.4, 0.5) is 17.1 Å². The van der Waals surface area contributed by atoms with Crippen LogP contribution in [0.3, 0.4) is 0 Å². The predicted octanol–water partition coefficient (Wildman–Crippen LogP) is 12.9. The molecule has 1 aliphatic carbocycles. The van der Waals surface area contributed by atoms with Crippen LogP contribution in [0.25, 0.3) is 54.6 Å². The van der Waals surface area contributed by atoms with Crippen molar-refractivity contribution < 1.29 is 4.42 Å². The Morgan fingerprint density at radius 2 is 1.04 bits per heavy atom. The van der Waals surface area contributed by atoms with Crippen LogP contribution < -0.4 is 15.3 Å². The van der Waals surface area contributed by atoms with Gasteiger partial charge in [0.05, 0.1) is 11.1 Å². The summed E-state index contributed by atoms with van der Waals surface area (Å²) in [6, 6.07) is 70.2. The zero-order valence-corrected chi connectivity index (χ0v) is 32.3. The summed E-state index contributed by atoms with van der Waals surface area (Å²) in [4.78, 5) is 2.46. The van der Waals surface area contributed by atoms with Gasteiger partial charge < -0.3 is 9.32 Å². The highest BCUT2D eigenvalue weighted by Crippen LogP contribution is 2.56. The molecule has 1 unspecified atom stereocenters. The molecule has 0 N–H and O–H groups in total. The van der Waals surface area contributed by atoms with Crippen molar-refractivity contribution in [2.75, 3.05) is 4.90 Å². The molecule has 0 saturated heterocycles. The Balaban J connectivity index is 1.18. The molecule has 2 nitrogen and oxygen atoms in total. The Morgan fingerprint density at radius 3 is 1.95 bits per heavy atom. The van der Waals surface area contributed by atoms with E-state index in [1.54, 1.807) is 0 Å². The first kappa shape index (κ1) is 31.6. The minimum atomic E-state index is -2.28. The Bertz CT molecular complexity index is 3250. The van der Waals surface area contributed by atoms with E-state index >= 15 is 0 Å². The molecule has 1 atom stereocenters. The summed E-state index contributed by atoms with van der Waals surface area (Å²) in [6.45, 7) is 5.10. The molecule has 9 aromatic carbocycles. The maximum atomic E-state index is 6.51. The Labute approximate surface area is 326 Å². The molecule has 0 bridgehead atoms. The molecular formula is C53H37NOSi. The van der Waals surface area contributed by atoms with Crippen molar-refractivity contribution in [2.45, 2.75) is 18.5 Å². The standard InChI is InChI=1S/C53H37NOSi/c1-56(2)50-27-10-8-23-44(50)53(43-22-7-5-19-39(43)42-21-11-16-35-17-12-24-46(53)52(35)42)45-31-29-37(33-51(45)56)54(47-25-13-15-34-14-3-4-18-38(34)47)36-28-30-41-40-20-6-9-26-48(40)55-49(41)32-36/h3-33H,1-2H3. The van der Waals surface area contributed by atoms with E-state index in [4.69, 9.17) is 4.42 Å². The minimum Gasteiger partial charge on any atom is -0.456 e. The molecule has 2 aliphatic rings. The molecular weight excluding hydrogens is 695 g/mol. The summed E-state index contributed by atoms with van der Waals surface area (Å²) in [7, 11) is -2.28. The SMILES string of the molecule is C[Si]1(C)c2ccccc2C2(c3ccccc3-c3cccc4cccc2c34)c2ccc(N(c3ccc4c(c3)oc3ccccc34)c3cccc4ccccc34)cc21. The van der Waals surface area contributed by atoms with Crippen LogP contribution in [0, 0.1) is 0 Å². The molecule has 0 amide bonds. The first-order chi connectivity index (χ1) is 27.5. The van der Waals surface area contributed by atoms with Gasteiger partial charge in [0.25, 0.3) is 0 Å². The first-order valence-electron chi connectivity index (χ1n) is 19.6. The summed E-state index contributed by atoms with van der Waals surface area (Å²) in [5.74, 6) is 0. The normalized spacial score (nSPS) is 16.2. The van der Waals surface area contributed by atoms with Gasteiger partial charge in [-0.25, -0.2) is 0 Å². The van der Waals surface area contributed by atoms with Crippen molar-refractivity contribution in [3.63, 3.8) is 0 Å². The average Bonchev–Trinajstić information content (AvgIpc) is 3.62. The van der Waals surface area contributed by atoms with Crippen molar-refractivity contribution >= 4 is 79.0 Å². The monoisotopic (exact) mass is 731 g/mol. The van der Waals surface area contributed by atoms with Crippen molar-refractivity contribution in [3.05, 3.63) is 210 Å². The van der Waals surface area contributed by atoms with Crippen LogP contribution in [0.15, 0.2) is 192 Å². The van der Waals surface area contributed by atoms with Crippen LogP contribution in [0.5, 0.6) is 0 Å². The molecule has 1 aliphatic heterocycles. The van der Waals surface area contributed by atoms with Crippen molar-refractivity contribution in [3.8, 4) is 11.1 Å². The highest BCUT2D eigenvalue weighted by Gasteiger charge is 2.52. The van der Waals surface area contributed by atoms with Gasteiger partial charge in [-0.15, -0.1) is 0 Å². The Hall–Kier alpha value is -6.68. The Morgan fingerprint density at radius 1 is 0.429 bits per heavy atom. The lowest BCUT2D eigenvalue weighted by molar-refractivity contribution is 0.669. The molecule has 0 saturated carbocycles. The number of hydrogen-bond acceptors (Lipinski definition) is 2. The summed E-state index contributed by atoms with van der Waals surface area (Å²) in [6.07, 6.45) is 0. The largest absolute Gasteiger partial charge is 0.456 e. The van der Waals surface area contributed by atoms with E-state index < -0.39 is 13.5 Å². The van der Waals surface area contributed by atoms with E-state index in [2.05, 4.69) is 200 Å². The third-order valence-corrected chi connectivity index (χ3v) is 16.4. The maximum Gasteiger partial charge on any atom is 0.137 e. The van der Waals surface area contributed by atoms with Crippen LogP contribution >= 0.6 is 0 Å². The topological polar surface area (TPSA) is 16.4 Å². The van der Waals surface area contributed by atoms with E-state index in [1.165, 1.54) is 65.3 Å². The summed E-state index contributed by atoms with van der Waals surface area (Å²) >= 11 is 0. The van der Waals surface area contributed by atoms with Gasteiger partial charge in [0.2, 0.25) is 0 Å². The number of fused-ring (bicyclic) bond motifs is 12. The second kappa shape index (κ2) is 11.4. The second-order valence-electron chi connectivity index (χ2n) is 16.0. The first-order valence-corrected chi connectivity index (χ1v) is 22.6. The number of furan rings is 1. The Kier molecular flexibility index (Phi) is 6.45. The fourth-order valence-corrected chi connectivity index (χ4v) is 13.7. The predicted molar refractivity (Wildman–Crippen MR) is 237 cm³/mol. The molecule has 2 heterocycles. The summed E-state index contributed by atoms with van der Waals surface area (Å²) in [5.41, 5.74) is 12.9. The molecule has 12 rings (SSSR count). The average molecular weight is 732 g/mol. The van der Waals surface area contributed by atoms with E-state index in [9.17, 15) is 0 Å².